The van der Waals surface area contributed by atoms with Crippen LogP contribution in [0.1, 0.15) is 5.56 Å². The van der Waals surface area contributed by atoms with Gasteiger partial charge in [0.25, 0.3) is 0 Å². The molecule has 2 aromatic heterocycles. The number of hydrogen-bond acceptors (Lipinski definition) is 5. The van der Waals surface area contributed by atoms with Gasteiger partial charge in [0, 0.05) is 36.9 Å². The van der Waals surface area contributed by atoms with Crippen molar-refractivity contribution in [1.82, 2.24) is 19.7 Å². The van der Waals surface area contributed by atoms with Gasteiger partial charge in [-0.3, -0.25) is 0 Å². The minimum absolute atomic E-state index is 0.717. The third-order valence-electron chi connectivity index (χ3n) is 5.43. The van der Waals surface area contributed by atoms with E-state index in [0.717, 1.165) is 54.3 Å². The van der Waals surface area contributed by atoms with Gasteiger partial charge >= 0.3 is 0 Å². The number of fused-ring (bicyclic) bond motifs is 1. The van der Waals surface area contributed by atoms with E-state index >= 15 is 0 Å². The van der Waals surface area contributed by atoms with E-state index in [1.807, 2.05) is 36.0 Å². The average molecular weight is 405 g/mol. The van der Waals surface area contributed by atoms with Crippen LogP contribution in [0, 0.1) is 6.92 Å². The Bertz CT molecular complexity index is 1150. The normalized spacial score (nSPS) is 14.6. The van der Waals surface area contributed by atoms with E-state index in [1.54, 1.807) is 6.33 Å². The zero-order chi connectivity index (χ0) is 19.8. The highest BCUT2D eigenvalue weighted by Gasteiger charge is 2.22. The number of aryl methyl sites for hydroxylation is 1. The average Bonchev–Trinajstić information content (AvgIpc) is 3.19. The molecule has 0 atom stereocenters. The lowest BCUT2D eigenvalue weighted by atomic mass is 10.2. The number of para-hydroxylation sites is 1. The summed E-state index contributed by atoms with van der Waals surface area (Å²) in [6.45, 7) is 5.76. The summed E-state index contributed by atoms with van der Waals surface area (Å²) in [5.41, 5.74) is 4.11. The quantitative estimate of drug-likeness (QED) is 0.514. The first-order chi connectivity index (χ1) is 14.2. The summed E-state index contributed by atoms with van der Waals surface area (Å²) >= 11 is 6.11. The van der Waals surface area contributed by atoms with Crippen LogP contribution in [0.5, 0.6) is 0 Å². The van der Waals surface area contributed by atoms with Gasteiger partial charge in [-0.25, -0.2) is 14.6 Å². The smallest absolute Gasteiger partial charge is 0.168 e. The van der Waals surface area contributed by atoms with Gasteiger partial charge < -0.3 is 9.80 Å². The summed E-state index contributed by atoms with van der Waals surface area (Å²) < 4.78 is 1.87. The Labute approximate surface area is 174 Å². The zero-order valence-corrected chi connectivity index (χ0v) is 16.9. The van der Waals surface area contributed by atoms with E-state index < -0.39 is 0 Å². The van der Waals surface area contributed by atoms with Crippen molar-refractivity contribution < 1.29 is 0 Å². The van der Waals surface area contributed by atoms with Crippen LogP contribution < -0.4 is 9.80 Å². The van der Waals surface area contributed by atoms with Gasteiger partial charge in [-0.2, -0.15) is 5.10 Å². The first kappa shape index (κ1) is 17.9. The first-order valence-electron chi connectivity index (χ1n) is 9.71. The van der Waals surface area contributed by atoms with Crippen LogP contribution >= 0.6 is 11.6 Å². The molecule has 6 nitrogen and oxygen atoms in total. The molecule has 1 aliphatic rings. The summed E-state index contributed by atoms with van der Waals surface area (Å²) in [7, 11) is 0. The van der Waals surface area contributed by atoms with Crippen molar-refractivity contribution in [2.45, 2.75) is 6.92 Å². The van der Waals surface area contributed by atoms with Crippen molar-refractivity contribution in [2.24, 2.45) is 0 Å². The number of piperazine rings is 1. The van der Waals surface area contributed by atoms with Crippen LogP contribution in [0.3, 0.4) is 0 Å². The molecule has 29 heavy (non-hydrogen) atoms. The molecule has 4 aromatic rings. The summed E-state index contributed by atoms with van der Waals surface area (Å²) in [4.78, 5) is 13.8. The molecule has 0 aliphatic carbocycles. The van der Waals surface area contributed by atoms with E-state index in [1.165, 1.54) is 5.69 Å². The molecule has 0 unspecified atom stereocenters. The van der Waals surface area contributed by atoms with Crippen molar-refractivity contribution >= 4 is 34.1 Å². The summed E-state index contributed by atoms with van der Waals surface area (Å²) in [6, 6.07) is 16.3. The molecule has 3 heterocycles. The molecule has 0 spiro atoms. The molecule has 0 amide bonds. The molecule has 0 N–H and O–H groups in total. The van der Waals surface area contributed by atoms with Gasteiger partial charge in [0.15, 0.2) is 5.65 Å². The highest BCUT2D eigenvalue weighted by Crippen LogP contribution is 2.28. The second kappa shape index (κ2) is 7.37. The van der Waals surface area contributed by atoms with Gasteiger partial charge in [0.2, 0.25) is 0 Å². The van der Waals surface area contributed by atoms with E-state index in [2.05, 4.69) is 55.2 Å². The predicted molar refractivity (Wildman–Crippen MR) is 117 cm³/mol. The monoisotopic (exact) mass is 404 g/mol. The van der Waals surface area contributed by atoms with E-state index in [4.69, 9.17) is 11.6 Å². The molecular weight excluding hydrogens is 384 g/mol. The van der Waals surface area contributed by atoms with Crippen LogP contribution in [0.4, 0.5) is 11.5 Å². The molecule has 0 radical (unpaired) electrons. The van der Waals surface area contributed by atoms with Gasteiger partial charge in [-0.05, 0) is 42.8 Å². The van der Waals surface area contributed by atoms with Gasteiger partial charge in [0.05, 0.1) is 17.3 Å². The van der Waals surface area contributed by atoms with Crippen LogP contribution in [0.2, 0.25) is 5.02 Å². The Kier molecular flexibility index (Phi) is 4.56. The molecule has 1 fully saturated rings. The first-order valence-corrected chi connectivity index (χ1v) is 10.1. The lowest BCUT2D eigenvalue weighted by molar-refractivity contribution is 0.649. The Balaban J connectivity index is 1.44. The summed E-state index contributed by atoms with van der Waals surface area (Å²) in [5.74, 6) is 0.945. The van der Waals surface area contributed by atoms with Crippen LogP contribution in [0.15, 0.2) is 61.1 Å². The number of anilines is 2. The largest absolute Gasteiger partial charge is 0.368 e. The Morgan fingerprint density at radius 2 is 1.66 bits per heavy atom. The fraction of sp³-hybridized carbons (Fsp3) is 0.227. The lowest BCUT2D eigenvalue weighted by Gasteiger charge is -2.36. The maximum absolute atomic E-state index is 6.11. The minimum atomic E-state index is 0.717. The third-order valence-corrected chi connectivity index (χ3v) is 5.67. The number of hydrogen-bond donors (Lipinski definition) is 0. The molecule has 2 aromatic carbocycles. The Morgan fingerprint density at radius 3 is 2.41 bits per heavy atom. The van der Waals surface area contributed by atoms with Crippen molar-refractivity contribution in [3.63, 3.8) is 0 Å². The number of aromatic nitrogens is 4. The fourth-order valence-electron chi connectivity index (χ4n) is 3.93. The third kappa shape index (κ3) is 3.29. The zero-order valence-electron chi connectivity index (χ0n) is 16.2. The molecule has 5 rings (SSSR count). The molecule has 1 aliphatic heterocycles. The molecule has 7 heteroatoms. The predicted octanol–water partition coefficient (Wildman–Crippen LogP) is 4.10. The van der Waals surface area contributed by atoms with Gasteiger partial charge in [-0.1, -0.05) is 29.8 Å². The second-order valence-electron chi connectivity index (χ2n) is 7.23. The molecule has 1 saturated heterocycles. The number of halogens is 1. The SMILES string of the molecule is Cc1cc(Cl)ccc1-n1ncc2c(N3CCN(c4ccccc4)CC3)ncnc21. The summed E-state index contributed by atoms with van der Waals surface area (Å²) in [5, 5.41) is 6.29. The van der Waals surface area contributed by atoms with Crippen molar-refractivity contribution in [2.75, 3.05) is 36.0 Å². The number of benzene rings is 2. The molecule has 146 valence electrons. The van der Waals surface area contributed by atoms with Crippen molar-refractivity contribution in [3.8, 4) is 5.69 Å². The highest BCUT2D eigenvalue weighted by atomic mass is 35.5. The van der Waals surface area contributed by atoms with E-state index in [0.29, 0.717) is 5.02 Å². The van der Waals surface area contributed by atoms with E-state index in [9.17, 15) is 0 Å². The van der Waals surface area contributed by atoms with E-state index in [-0.39, 0.29) is 0 Å². The Hall–Kier alpha value is -3.12. The van der Waals surface area contributed by atoms with Gasteiger partial charge in [0.1, 0.15) is 12.1 Å². The van der Waals surface area contributed by atoms with Crippen molar-refractivity contribution in [3.05, 3.63) is 71.6 Å². The molecule has 0 bridgehead atoms. The fourth-order valence-corrected chi connectivity index (χ4v) is 4.16. The van der Waals surface area contributed by atoms with Crippen LogP contribution in [-0.2, 0) is 0 Å². The number of rotatable bonds is 3. The minimum Gasteiger partial charge on any atom is -0.368 e. The second-order valence-corrected chi connectivity index (χ2v) is 7.67. The standard InChI is InChI=1S/C22H21ClN6/c1-16-13-17(23)7-8-20(16)29-22-19(14-26-29)21(24-15-25-22)28-11-9-27(10-12-28)18-5-3-2-4-6-18/h2-8,13-15H,9-12H2,1H3. The van der Waals surface area contributed by atoms with Crippen LogP contribution in [0.25, 0.3) is 16.7 Å². The maximum atomic E-state index is 6.11. The number of nitrogens with zero attached hydrogens (tertiary/aromatic N) is 6. The molecule has 0 saturated carbocycles. The Morgan fingerprint density at radius 1 is 0.897 bits per heavy atom. The summed E-state index contributed by atoms with van der Waals surface area (Å²) in [6.07, 6.45) is 3.49. The highest BCUT2D eigenvalue weighted by molar-refractivity contribution is 6.30. The van der Waals surface area contributed by atoms with Gasteiger partial charge in [-0.15, -0.1) is 0 Å². The lowest BCUT2D eigenvalue weighted by Crippen LogP contribution is -2.46. The molecular formula is C22H21ClN6. The maximum Gasteiger partial charge on any atom is 0.168 e. The van der Waals surface area contributed by atoms with Crippen molar-refractivity contribution in [1.29, 1.82) is 0 Å². The topological polar surface area (TPSA) is 50.1 Å². The van der Waals surface area contributed by atoms with Crippen LogP contribution in [-0.4, -0.2) is 45.9 Å².